The largest absolute Gasteiger partial charge is 0.331 e. The van der Waals surface area contributed by atoms with Gasteiger partial charge in [0.25, 0.3) is 0 Å². The van der Waals surface area contributed by atoms with E-state index in [4.69, 9.17) is 4.98 Å². The van der Waals surface area contributed by atoms with Crippen molar-refractivity contribution in [1.29, 1.82) is 0 Å². The normalized spacial score (nSPS) is 20.8. The van der Waals surface area contributed by atoms with Crippen LogP contribution in [0.25, 0.3) is 0 Å². The van der Waals surface area contributed by atoms with Crippen molar-refractivity contribution in [2.24, 2.45) is 0 Å². The van der Waals surface area contributed by atoms with Crippen molar-refractivity contribution in [2.75, 3.05) is 0 Å². The number of nitrogens with zero attached hydrogens (tertiary/aromatic N) is 2. The quantitative estimate of drug-likeness (QED) is 0.835. The van der Waals surface area contributed by atoms with E-state index >= 15 is 0 Å². The van der Waals surface area contributed by atoms with Crippen LogP contribution >= 0.6 is 11.8 Å². The number of hydrogen-bond donors (Lipinski definition) is 0. The van der Waals surface area contributed by atoms with E-state index in [0.717, 1.165) is 6.54 Å². The van der Waals surface area contributed by atoms with E-state index in [2.05, 4.69) is 35.8 Å². The van der Waals surface area contributed by atoms with Crippen LogP contribution < -0.4 is 0 Å². The summed E-state index contributed by atoms with van der Waals surface area (Å²) in [5.74, 6) is 1.22. The summed E-state index contributed by atoms with van der Waals surface area (Å²) < 4.78 is 2.50. The summed E-state index contributed by atoms with van der Waals surface area (Å²) in [7, 11) is 0. The van der Waals surface area contributed by atoms with E-state index in [-0.39, 0.29) is 0 Å². The van der Waals surface area contributed by atoms with E-state index in [1.807, 2.05) is 11.8 Å². The highest BCUT2D eigenvalue weighted by Crippen LogP contribution is 2.38. The van der Waals surface area contributed by atoms with Gasteiger partial charge in [0, 0.05) is 22.4 Å². The minimum atomic E-state index is 0.673. The van der Waals surface area contributed by atoms with E-state index in [1.54, 1.807) is 0 Å². The number of fused-ring (bicyclic) bond motifs is 2. The average molecular weight is 284 g/mol. The molecule has 0 bridgehead atoms. The topological polar surface area (TPSA) is 17.8 Å². The van der Waals surface area contributed by atoms with Crippen molar-refractivity contribution in [1.82, 2.24) is 9.55 Å². The number of imidazole rings is 1. The molecule has 3 heteroatoms. The summed E-state index contributed by atoms with van der Waals surface area (Å²) in [5, 5.41) is 0.673. The van der Waals surface area contributed by atoms with E-state index in [1.165, 1.54) is 59.8 Å². The number of thioether (sulfide) groups is 1. The SMILES string of the molecule is Cc1nc2c(n1CC1Cc3ccccc3S1)CCCC2. The van der Waals surface area contributed by atoms with E-state index in [9.17, 15) is 0 Å². The molecule has 104 valence electrons. The number of aryl methyl sites for hydroxylation is 2. The monoisotopic (exact) mass is 284 g/mol. The summed E-state index contributed by atoms with van der Waals surface area (Å²) in [4.78, 5) is 6.27. The van der Waals surface area contributed by atoms with Crippen LogP contribution in [0.1, 0.15) is 35.6 Å². The molecule has 1 aromatic heterocycles. The van der Waals surface area contributed by atoms with Crippen molar-refractivity contribution < 1.29 is 0 Å². The van der Waals surface area contributed by atoms with Crippen LogP contribution in [-0.4, -0.2) is 14.8 Å². The van der Waals surface area contributed by atoms with E-state index in [0.29, 0.717) is 5.25 Å². The summed E-state index contributed by atoms with van der Waals surface area (Å²) in [6.45, 7) is 3.29. The van der Waals surface area contributed by atoms with Crippen LogP contribution in [0.3, 0.4) is 0 Å². The van der Waals surface area contributed by atoms with Crippen molar-refractivity contribution in [3.63, 3.8) is 0 Å². The van der Waals surface area contributed by atoms with Gasteiger partial charge in [-0.05, 0) is 50.7 Å². The number of aromatic nitrogens is 2. The Bertz CT molecular complexity index is 619. The average Bonchev–Trinajstić information content (AvgIpc) is 3.00. The van der Waals surface area contributed by atoms with Gasteiger partial charge >= 0.3 is 0 Å². The smallest absolute Gasteiger partial charge is 0.106 e. The Hall–Kier alpha value is -1.22. The third kappa shape index (κ3) is 2.08. The van der Waals surface area contributed by atoms with Crippen LogP contribution in [0.2, 0.25) is 0 Å². The predicted octanol–water partition coefficient (Wildman–Crippen LogP) is 3.79. The lowest BCUT2D eigenvalue weighted by atomic mass is 10.0. The Morgan fingerprint density at radius 3 is 3.00 bits per heavy atom. The molecule has 0 N–H and O–H groups in total. The highest BCUT2D eigenvalue weighted by atomic mass is 32.2. The molecular weight excluding hydrogens is 264 g/mol. The highest BCUT2D eigenvalue weighted by Gasteiger charge is 2.25. The molecule has 0 saturated heterocycles. The van der Waals surface area contributed by atoms with Gasteiger partial charge in [-0.3, -0.25) is 0 Å². The second-order valence-electron chi connectivity index (χ2n) is 5.92. The highest BCUT2D eigenvalue weighted by molar-refractivity contribution is 8.00. The Balaban J connectivity index is 1.58. The molecule has 1 aliphatic heterocycles. The summed E-state index contributed by atoms with van der Waals surface area (Å²) in [5.41, 5.74) is 4.41. The zero-order valence-electron chi connectivity index (χ0n) is 11.9. The lowest BCUT2D eigenvalue weighted by molar-refractivity contribution is 0.584. The van der Waals surface area contributed by atoms with Gasteiger partial charge in [-0.25, -0.2) is 4.98 Å². The third-order valence-electron chi connectivity index (χ3n) is 4.52. The standard InChI is InChI=1S/C17H20N2S/c1-12-18-15-7-3-4-8-16(15)19(12)11-14-10-13-6-2-5-9-17(13)20-14/h2,5-6,9,14H,3-4,7-8,10-11H2,1H3. The van der Waals surface area contributed by atoms with Gasteiger partial charge in [0.1, 0.15) is 5.82 Å². The van der Waals surface area contributed by atoms with Gasteiger partial charge in [0.05, 0.1) is 5.69 Å². The van der Waals surface area contributed by atoms with Crippen LogP contribution in [-0.2, 0) is 25.8 Å². The molecule has 0 amide bonds. The van der Waals surface area contributed by atoms with Gasteiger partial charge in [0.15, 0.2) is 0 Å². The molecule has 4 rings (SSSR count). The summed E-state index contributed by atoms with van der Waals surface area (Å²) in [6, 6.07) is 8.85. The predicted molar refractivity (Wildman–Crippen MR) is 83.4 cm³/mol. The van der Waals surface area contributed by atoms with Crippen LogP contribution in [0, 0.1) is 6.92 Å². The third-order valence-corrected chi connectivity index (χ3v) is 5.82. The fraction of sp³-hybridized carbons (Fsp3) is 0.471. The van der Waals surface area contributed by atoms with Gasteiger partial charge in [-0.2, -0.15) is 0 Å². The van der Waals surface area contributed by atoms with Crippen molar-refractivity contribution in [3.8, 4) is 0 Å². The minimum Gasteiger partial charge on any atom is -0.331 e. The second-order valence-corrected chi connectivity index (χ2v) is 7.26. The van der Waals surface area contributed by atoms with Gasteiger partial charge < -0.3 is 4.57 Å². The molecular formula is C17H20N2S. The van der Waals surface area contributed by atoms with Gasteiger partial charge in [-0.15, -0.1) is 11.8 Å². The van der Waals surface area contributed by atoms with Crippen LogP contribution in [0.15, 0.2) is 29.2 Å². The first-order valence-electron chi connectivity index (χ1n) is 7.60. The molecule has 0 spiro atoms. The molecule has 0 radical (unpaired) electrons. The maximum absolute atomic E-state index is 4.80. The zero-order chi connectivity index (χ0) is 13.5. The summed E-state index contributed by atoms with van der Waals surface area (Å²) >= 11 is 2.05. The maximum atomic E-state index is 4.80. The molecule has 2 aromatic rings. The van der Waals surface area contributed by atoms with Crippen molar-refractivity contribution in [2.45, 2.75) is 55.7 Å². The van der Waals surface area contributed by atoms with Crippen molar-refractivity contribution >= 4 is 11.8 Å². The molecule has 2 heterocycles. The first-order valence-corrected chi connectivity index (χ1v) is 8.48. The lowest BCUT2D eigenvalue weighted by Gasteiger charge is -2.17. The molecule has 2 aliphatic rings. The molecule has 20 heavy (non-hydrogen) atoms. The molecule has 2 nitrogen and oxygen atoms in total. The number of hydrogen-bond acceptors (Lipinski definition) is 2. The Morgan fingerprint density at radius 1 is 1.25 bits per heavy atom. The Kier molecular flexibility index (Phi) is 3.10. The molecule has 1 unspecified atom stereocenters. The maximum Gasteiger partial charge on any atom is 0.106 e. The fourth-order valence-electron chi connectivity index (χ4n) is 3.54. The van der Waals surface area contributed by atoms with Crippen molar-refractivity contribution in [3.05, 3.63) is 47.0 Å². The molecule has 1 aromatic carbocycles. The number of rotatable bonds is 2. The molecule has 0 saturated carbocycles. The van der Waals surface area contributed by atoms with Gasteiger partial charge in [-0.1, -0.05) is 18.2 Å². The Morgan fingerprint density at radius 2 is 2.10 bits per heavy atom. The van der Waals surface area contributed by atoms with Crippen LogP contribution in [0.4, 0.5) is 0 Å². The van der Waals surface area contributed by atoms with Crippen LogP contribution in [0.5, 0.6) is 0 Å². The van der Waals surface area contributed by atoms with Gasteiger partial charge in [0.2, 0.25) is 0 Å². The second kappa shape index (κ2) is 4.96. The molecule has 1 atom stereocenters. The zero-order valence-corrected chi connectivity index (χ0v) is 12.7. The van der Waals surface area contributed by atoms with E-state index < -0.39 is 0 Å². The lowest BCUT2D eigenvalue weighted by Crippen LogP contribution is -2.17. The summed E-state index contributed by atoms with van der Waals surface area (Å²) in [6.07, 6.45) is 6.25. The molecule has 1 aliphatic carbocycles. The molecule has 0 fully saturated rings. The minimum absolute atomic E-state index is 0.673. The number of benzene rings is 1. The Labute approximate surface area is 124 Å². The first kappa shape index (κ1) is 12.5. The fourth-order valence-corrected chi connectivity index (χ4v) is 4.84. The first-order chi connectivity index (χ1) is 9.81.